The van der Waals surface area contributed by atoms with Crippen molar-refractivity contribution in [2.75, 3.05) is 0 Å². The predicted molar refractivity (Wildman–Crippen MR) is 16.7 cm³/mol. The molecule has 3 heteroatoms. The predicted octanol–water partition coefficient (Wildman–Crippen LogP) is -0.455. The van der Waals surface area contributed by atoms with Gasteiger partial charge in [0.15, 0.2) is 0 Å². The largest absolute Gasteiger partial charge is 2.00 e. The van der Waals surface area contributed by atoms with E-state index in [2.05, 4.69) is 0 Å². The van der Waals surface area contributed by atoms with Crippen LogP contribution in [0, 0.1) is 0 Å². The van der Waals surface area contributed by atoms with Gasteiger partial charge in [0, 0.05) is 0 Å². The Hall–Kier alpha value is 1.04. The van der Waals surface area contributed by atoms with E-state index in [1.54, 1.807) is 0 Å². The summed E-state index contributed by atoms with van der Waals surface area (Å²) in [5, 5.41) is 6.89. The first kappa shape index (κ1) is 8.90. The molecular weight excluding hydrogens is 181 g/mol. The molecular formula is CH4BaO2. The molecule has 0 aromatic rings. The summed E-state index contributed by atoms with van der Waals surface area (Å²) in [5.41, 5.74) is 0. The van der Waals surface area contributed by atoms with E-state index in [0.29, 0.717) is 0 Å². The van der Waals surface area contributed by atoms with Crippen molar-refractivity contribution in [2.45, 2.75) is 0 Å². The van der Waals surface area contributed by atoms with Gasteiger partial charge in [-0.05, 0) is 0 Å². The van der Waals surface area contributed by atoms with Crippen LogP contribution in [0.5, 0.6) is 0 Å². The fourth-order valence-corrected chi connectivity index (χ4v) is 0. The van der Waals surface area contributed by atoms with Crippen LogP contribution in [-0.2, 0) is 4.79 Å². The maximum Gasteiger partial charge on any atom is 2.00 e. The Bertz CT molecular complexity index is 19.0. The standard InChI is InChI=1S/CH2O2.Ba.2H/c2-1-3;;;/h1H,(H,2,3);;;/q;+2;2*-1. The minimum Gasteiger partial charge on any atom is -1.00 e. The average Bonchev–Trinajstić information content (AvgIpc) is 0.918. The van der Waals surface area contributed by atoms with Crippen molar-refractivity contribution < 1.29 is 12.8 Å². The molecule has 0 aromatic carbocycles. The summed E-state index contributed by atoms with van der Waals surface area (Å²) in [7, 11) is 0. The first-order valence-electron chi connectivity index (χ1n) is 0.494. The van der Waals surface area contributed by atoms with Gasteiger partial charge in [-0.15, -0.1) is 0 Å². The number of carbonyl (C=O) groups is 1. The minimum absolute atomic E-state index is 0. The van der Waals surface area contributed by atoms with Crippen LogP contribution in [0.4, 0.5) is 0 Å². The molecule has 0 aliphatic carbocycles. The Morgan fingerprint density at radius 2 is 2.00 bits per heavy atom. The Kier molecular flexibility index (Phi) is 20.0. The number of hydrogen-bond acceptors (Lipinski definition) is 1. The van der Waals surface area contributed by atoms with E-state index in [4.69, 9.17) is 9.90 Å². The molecule has 0 rings (SSSR count). The molecule has 0 fully saturated rings. The van der Waals surface area contributed by atoms with Crippen molar-refractivity contribution in [1.82, 2.24) is 0 Å². The molecule has 0 aliphatic heterocycles. The maximum atomic E-state index is 8.36. The van der Waals surface area contributed by atoms with Gasteiger partial charge in [0.1, 0.15) is 0 Å². The zero-order valence-corrected chi connectivity index (χ0v) is 6.58. The van der Waals surface area contributed by atoms with E-state index in [1.165, 1.54) is 0 Å². The van der Waals surface area contributed by atoms with E-state index in [1.807, 2.05) is 0 Å². The Morgan fingerprint density at radius 1 is 2.00 bits per heavy atom. The summed E-state index contributed by atoms with van der Waals surface area (Å²) < 4.78 is 0. The maximum absolute atomic E-state index is 8.36. The molecule has 0 atom stereocenters. The van der Waals surface area contributed by atoms with Gasteiger partial charge in [-0.3, -0.25) is 4.79 Å². The van der Waals surface area contributed by atoms with Crippen molar-refractivity contribution in [2.24, 2.45) is 0 Å². The smallest absolute Gasteiger partial charge is 1.00 e. The van der Waals surface area contributed by atoms with Crippen LogP contribution >= 0.6 is 0 Å². The molecule has 22 valence electrons. The Balaban J connectivity index is -0.00000000667. The summed E-state index contributed by atoms with van der Waals surface area (Å²) in [6.45, 7) is -0.250. The van der Waals surface area contributed by atoms with Gasteiger partial charge in [-0.2, -0.15) is 0 Å². The molecule has 0 saturated carbocycles. The Morgan fingerprint density at radius 3 is 2.00 bits per heavy atom. The van der Waals surface area contributed by atoms with Crippen LogP contribution in [0.2, 0.25) is 0 Å². The van der Waals surface area contributed by atoms with Gasteiger partial charge >= 0.3 is 48.9 Å². The van der Waals surface area contributed by atoms with E-state index >= 15 is 0 Å². The molecule has 0 amide bonds. The summed E-state index contributed by atoms with van der Waals surface area (Å²) in [4.78, 5) is 8.36. The number of carboxylic acid groups (broad SMARTS) is 1. The fourth-order valence-electron chi connectivity index (χ4n) is 0. The molecule has 0 aromatic heterocycles. The molecule has 4 heavy (non-hydrogen) atoms. The van der Waals surface area contributed by atoms with E-state index < -0.39 is 0 Å². The summed E-state index contributed by atoms with van der Waals surface area (Å²) >= 11 is 0. The first-order valence-corrected chi connectivity index (χ1v) is 0.494. The van der Waals surface area contributed by atoms with Crippen LogP contribution in [0.1, 0.15) is 2.85 Å². The summed E-state index contributed by atoms with van der Waals surface area (Å²) in [6.07, 6.45) is 0. The van der Waals surface area contributed by atoms with Gasteiger partial charge in [0.25, 0.3) is 6.47 Å². The molecule has 0 aliphatic rings. The minimum atomic E-state index is -0.250. The van der Waals surface area contributed by atoms with Crippen LogP contribution in [0.25, 0.3) is 0 Å². The quantitative estimate of drug-likeness (QED) is 0.410. The molecule has 1 N–H and O–H groups in total. The van der Waals surface area contributed by atoms with Gasteiger partial charge in [-0.25, -0.2) is 0 Å². The zero-order valence-electron chi connectivity index (χ0n) is 4.14. The molecule has 2 nitrogen and oxygen atoms in total. The summed E-state index contributed by atoms with van der Waals surface area (Å²) in [6, 6.07) is 0. The van der Waals surface area contributed by atoms with E-state index in [-0.39, 0.29) is 58.2 Å². The summed E-state index contributed by atoms with van der Waals surface area (Å²) in [5.74, 6) is 0. The van der Waals surface area contributed by atoms with Crippen molar-refractivity contribution in [3.05, 3.63) is 0 Å². The third-order valence-electron chi connectivity index (χ3n) is 0. The van der Waals surface area contributed by atoms with Crippen LogP contribution in [0.3, 0.4) is 0 Å². The van der Waals surface area contributed by atoms with Crippen LogP contribution in [-0.4, -0.2) is 60.5 Å². The van der Waals surface area contributed by atoms with E-state index in [9.17, 15) is 0 Å². The van der Waals surface area contributed by atoms with Crippen molar-refractivity contribution in [1.29, 1.82) is 0 Å². The second-order valence-corrected chi connectivity index (χ2v) is 0.105. The first-order chi connectivity index (χ1) is 1.41. The molecule has 0 unspecified atom stereocenters. The van der Waals surface area contributed by atoms with Gasteiger partial charge in [0.05, 0.1) is 0 Å². The van der Waals surface area contributed by atoms with Crippen LogP contribution in [0.15, 0.2) is 0 Å². The SMILES string of the molecule is O=CO.[Ba+2].[H-].[H-]. The molecule has 0 saturated heterocycles. The Labute approximate surface area is 67.2 Å². The van der Waals surface area contributed by atoms with Gasteiger partial charge < -0.3 is 7.96 Å². The average molecular weight is 185 g/mol. The fraction of sp³-hybridized carbons (Fsp3) is 0. The van der Waals surface area contributed by atoms with Crippen molar-refractivity contribution in [3.8, 4) is 0 Å². The van der Waals surface area contributed by atoms with Gasteiger partial charge in [0.2, 0.25) is 0 Å². The normalized spacial score (nSPS) is 3.00. The molecule has 0 spiro atoms. The molecule has 0 bridgehead atoms. The van der Waals surface area contributed by atoms with E-state index in [0.717, 1.165) is 0 Å². The monoisotopic (exact) mass is 186 g/mol. The number of rotatable bonds is 0. The second-order valence-electron chi connectivity index (χ2n) is 0.105. The molecule has 0 radical (unpaired) electrons. The number of hydrogen-bond donors (Lipinski definition) is 1. The van der Waals surface area contributed by atoms with Gasteiger partial charge in [-0.1, -0.05) is 0 Å². The molecule has 0 heterocycles. The topological polar surface area (TPSA) is 37.3 Å². The van der Waals surface area contributed by atoms with Crippen LogP contribution < -0.4 is 0 Å². The second kappa shape index (κ2) is 8.97. The third-order valence-corrected chi connectivity index (χ3v) is 0. The zero-order chi connectivity index (χ0) is 2.71. The van der Waals surface area contributed by atoms with Crippen molar-refractivity contribution >= 4 is 55.4 Å². The third kappa shape index (κ3) is 11.7. The van der Waals surface area contributed by atoms with Crippen molar-refractivity contribution in [3.63, 3.8) is 0 Å².